The number of hydrogen-bond donors (Lipinski definition) is 0. The largest absolute Gasteiger partial charge is 0.468 e. The van der Waals surface area contributed by atoms with Gasteiger partial charge in [0.05, 0.1) is 13.2 Å². The topological polar surface area (TPSA) is 105 Å². The van der Waals surface area contributed by atoms with E-state index in [2.05, 4.69) is 6.58 Å². The molecule has 0 aliphatic rings. The van der Waals surface area contributed by atoms with Crippen LogP contribution >= 0.6 is 0 Å². The van der Waals surface area contributed by atoms with Gasteiger partial charge in [0.25, 0.3) is 5.41 Å². The van der Waals surface area contributed by atoms with Gasteiger partial charge >= 0.3 is 23.9 Å². The Kier molecular flexibility index (Phi) is 8.29. The van der Waals surface area contributed by atoms with Crippen LogP contribution in [0.15, 0.2) is 72.8 Å². The number of benzene rings is 2. The summed E-state index contributed by atoms with van der Waals surface area (Å²) in [6, 6.07) is 15.6. The summed E-state index contributed by atoms with van der Waals surface area (Å²) in [7, 11) is 0.998. The molecule has 0 aliphatic carbocycles. The Balaban J connectivity index is 2.49. The molecule has 2 rings (SSSR count). The molecule has 0 N–H and O–H groups in total. The first-order valence-corrected chi connectivity index (χ1v) is 9.72. The lowest BCUT2D eigenvalue weighted by molar-refractivity contribution is -0.174. The Bertz CT molecular complexity index is 926. The monoisotopic (exact) mass is 440 g/mol. The second kappa shape index (κ2) is 10.9. The van der Waals surface area contributed by atoms with Crippen LogP contribution in [0.5, 0.6) is 11.5 Å². The van der Waals surface area contributed by atoms with Crippen molar-refractivity contribution in [2.45, 2.75) is 26.4 Å². The van der Waals surface area contributed by atoms with Gasteiger partial charge in [0.15, 0.2) is 0 Å². The van der Waals surface area contributed by atoms with Crippen molar-refractivity contribution in [2.24, 2.45) is 5.41 Å². The van der Waals surface area contributed by atoms with Crippen LogP contribution < -0.4 is 9.47 Å². The molecule has 0 bridgehead atoms. The Morgan fingerprint density at radius 1 is 0.812 bits per heavy atom. The summed E-state index contributed by atoms with van der Waals surface area (Å²) in [5, 5.41) is 0. The van der Waals surface area contributed by atoms with Crippen molar-refractivity contribution in [3.05, 3.63) is 72.8 Å². The van der Waals surface area contributed by atoms with Crippen molar-refractivity contribution in [1.82, 2.24) is 0 Å². The summed E-state index contributed by atoms with van der Waals surface area (Å²) in [4.78, 5) is 51.6. The van der Waals surface area contributed by atoms with Crippen LogP contribution in [0.2, 0.25) is 0 Å². The SMILES string of the molecule is C=C(CC(C(=O)OC)(C(=O)Oc1ccccc1)C(=O)Oc1ccccc1)C(=O)OC(C)C. The normalized spacial score (nSPS) is 10.8. The van der Waals surface area contributed by atoms with Crippen LogP contribution in [-0.4, -0.2) is 37.1 Å². The Labute approximate surface area is 185 Å². The van der Waals surface area contributed by atoms with E-state index in [1.54, 1.807) is 50.2 Å². The predicted molar refractivity (Wildman–Crippen MR) is 114 cm³/mol. The van der Waals surface area contributed by atoms with Crippen molar-refractivity contribution in [3.63, 3.8) is 0 Å². The van der Waals surface area contributed by atoms with Gasteiger partial charge in [-0.05, 0) is 38.1 Å². The van der Waals surface area contributed by atoms with E-state index in [9.17, 15) is 19.2 Å². The van der Waals surface area contributed by atoms with Gasteiger partial charge in [0.1, 0.15) is 11.5 Å². The van der Waals surface area contributed by atoms with E-state index in [-0.39, 0.29) is 17.1 Å². The van der Waals surface area contributed by atoms with E-state index in [0.717, 1.165) is 7.11 Å². The maximum atomic E-state index is 13.2. The first kappa shape index (κ1) is 24.3. The van der Waals surface area contributed by atoms with Crippen molar-refractivity contribution in [2.75, 3.05) is 7.11 Å². The molecule has 2 aromatic carbocycles. The quantitative estimate of drug-likeness (QED) is 0.253. The fraction of sp³-hybridized carbons (Fsp3) is 0.250. The predicted octanol–water partition coefficient (Wildman–Crippen LogP) is 3.25. The minimum atomic E-state index is -2.66. The third kappa shape index (κ3) is 5.81. The second-order valence-electron chi connectivity index (χ2n) is 7.04. The summed E-state index contributed by atoms with van der Waals surface area (Å²) in [6.45, 7) is 6.82. The highest BCUT2D eigenvalue weighted by atomic mass is 16.6. The van der Waals surface area contributed by atoms with E-state index in [0.29, 0.717) is 0 Å². The molecule has 0 spiro atoms. The van der Waals surface area contributed by atoms with Crippen LogP contribution in [0.3, 0.4) is 0 Å². The van der Waals surface area contributed by atoms with Crippen molar-refractivity contribution < 1.29 is 38.1 Å². The lowest BCUT2D eigenvalue weighted by Crippen LogP contribution is -2.52. The molecule has 2 aromatic rings. The van der Waals surface area contributed by atoms with Crippen molar-refractivity contribution in [3.8, 4) is 11.5 Å². The standard InChI is InChI=1S/C24H24O8/c1-16(2)30-20(25)17(3)15-24(21(26)29-4,22(27)31-18-11-7-5-8-12-18)23(28)32-19-13-9-6-10-14-19/h5-14,16H,3,15H2,1-2,4H3. The zero-order valence-corrected chi connectivity index (χ0v) is 18.0. The third-order valence-corrected chi connectivity index (χ3v) is 4.25. The van der Waals surface area contributed by atoms with Gasteiger partial charge in [0, 0.05) is 12.0 Å². The summed E-state index contributed by atoms with van der Waals surface area (Å²) in [5.41, 5.74) is -2.97. The molecule has 0 aromatic heterocycles. The molecule has 8 nitrogen and oxygen atoms in total. The average Bonchev–Trinajstić information content (AvgIpc) is 2.77. The molecular formula is C24H24O8. The molecule has 32 heavy (non-hydrogen) atoms. The van der Waals surface area contributed by atoms with Crippen LogP contribution in [-0.2, 0) is 28.7 Å². The molecule has 0 fully saturated rings. The van der Waals surface area contributed by atoms with Gasteiger partial charge in [0.2, 0.25) is 0 Å². The lowest BCUT2D eigenvalue weighted by Gasteiger charge is -2.27. The number of carbonyl (C=O) groups is 4. The van der Waals surface area contributed by atoms with E-state index in [1.807, 2.05) is 0 Å². The van der Waals surface area contributed by atoms with E-state index >= 15 is 0 Å². The van der Waals surface area contributed by atoms with Crippen LogP contribution in [0.4, 0.5) is 0 Å². The molecule has 0 amide bonds. The summed E-state index contributed by atoms with van der Waals surface area (Å²) < 4.78 is 20.4. The second-order valence-corrected chi connectivity index (χ2v) is 7.04. The number of carbonyl (C=O) groups excluding carboxylic acids is 4. The van der Waals surface area contributed by atoms with Gasteiger partial charge in [-0.15, -0.1) is 0 Å². The zero-order valence-electron chi connectivity index (χ0n) is 18.0. The van der Waals surface area contributed by atoms with E-state index < -0.39 is 41.8 Å². The fourth-order valence-electron chi connectivity index (χ4n) is 2.70. The highest BCUT2D eigenvalue weighted by molar-refractivity contribution is 6.19. The van der Waals surface area contributed by atoms with Crippen LogP contribution in [0.25, 0.3) is 0 Å². The number of ether oxygens (including phenoxy) is 4. The number of methoxy groups -OCH3 is 1. The van der Waals surface area contributed by atoms with Gasteiger partial charge in [-0.3, -0.25) is 4.79 Å². The molecule has 0 heterocycles. The minimum Gasteiger partial charge on any atom is -0.468 e. The van der Waals surface area contributed by atoms with E-state index in [1.165, 1.54) is 24.3 Å². The Hall–Kier alpha value is -3.94. The summed E-state index contributed by atoms with van der Waals surface area (Å²) >= 11 is 0. The van der Waals surface area contributed by atoms with Crippen LogP contribution in [0.1, 0.15) is 20.3 Å². The lowest BCUT2D eigenvalue weighted by atomic mass is 9.81. The Morgan fingerprint density at radius 3 is 1.62 bits per heavy atom. The molecule has 0 saturated carbocycles. The third-order valence-electron chi connectivity index (χ3n) is 4.25. The van der Waals surface area contributed by atoms with Crippen molar-refractivity contribution >= 4 is 23.9 Å². The molecule has 0 radical (unpaired) electrons. The molecular weight excluding hydrogens is 416 g/mol. The number of para-hydroxylation sites is 2. The summed E-state index contributed by atoms with van der Waals surface area (Å²) in [5.74, 6) is -4.56. The molecule has 168 valence electrons. The van der Waals surface area contributed by atoms with Gasteiger partial charge in [-0.1, -0.05) is 43.0 Å². The fourth-order valence-corrected chi connectivity index (χ4v) is 2.70. The number of rotatable bonds is 9. The van der Waals surface area contributed by atoms with Gasteiger partial charge < -0.3 is 18.9 Å². The van der Waals surface area contributed by atoms with Crippen LogP contribution in [0, 0.1) is 5.41 Å². The Morgan fingerprint density at radius 2 is 1.25 bits per heavy atom. The summed E-state index contributed by atoms with van der Waals surface area (Å²) in [6.07, 6.45) is -1.25. The maximum Gasteiger partial charge on any atom is 0.340 e. The molecule has 0 unspecified atom stereocenters. The molecule has 0 aliphatic heterocycles. The average molecular weight is 440 g/mol. The zero-order chi connectivity index (χ0) is 23.7. The number of esters is 4. The van der Waals surface area contributed by atoms with E-state index in [4.69, 9.17) is 18.9 Å². The highest BCUT2D eigenvalue weighted by Gasteiger charge is 2.58. The first-order chi connectivity index (χ1) is 15.2. The highest BCUT2D eigenvalue weighted by Crippen LogP contribution is 2.33. The first-order valence-electron chi connectivity index (χ1n) is 9.72. The van der Waals surface area contributed by atoms with Gasteiger partial charge in [-0.25, -0.2) is 14.4 Å². The van der Waals surface area contributed by atoms with Crippen molar-refractivity contribution in [1.29, 1.82) is 0 Å². The number of hydrogen-bond acceptors (Lipinski definition) is 8. The molecule has 0 saturated heterocycles. The van der Waals surface area contributed by atoms with Gasteiger partial charge in [-0.2, -0.15) is 0 Å². The smallest absolute Gasteiger partial charge is 0.340 e. The molecule has 0 atom stereocenters. The minimum absolute atomic E-state index is 0.0775. The molecule has 8 heteroatoms. The maximum absolute atomic E-state index is 13.2.